The lowest BCUT2D eigenvalue weighted by molar-refractivity contribution is -0.144. The van der Waals surface area contributed by atoms with Gasteiger partial charge in [0.2, 0.25) is 0 Å². The second-order valence-electron chi connectivity index (χ2n) is 16.0. The third-order valence-electron chi connectivity index (χ3n) is 12.2. The Morgan fingerprint density at radius 2 is 1.05 bits per heavy atom. The van der Waals surface area contributed by atoms with Crippen LogP contribution in [0.4, 0.5) is 0 Å². The van der Waals surface area contributed by atoms with Crippen LogP contribution in [0.1, 0.15) is 52.8 Å². The normalized spacial score (nSPS) is 21.6. The summed E-state index contributed by atoms with van der Waals surface area (Å²) in [5.74, 6) is -2.60. The zero-order valence-electron chi connectivity index (χ0n) is 31.4. The van der Waals surface area contributed by atoms with Crippen molar-refractivity contribution < 1.29 is 34.1 Å². The molecule has 3 aliphatic rings. The summed E-state index contributed by atoms with van der Waals surface area (Å²) in [6.45, 7) is 6.33. The minimum Gasteiger partial charge on any atom is -0.481 e. The molecule has 0 bridgehead atoms. The molecular weight excluding hydrogens is 697 g/mol. The SMILES string of the molecule is O=C(O)C(Cc1cccc(CN(Cc2cccc(CC(C(=O)O)C3CCNC3)c2)Cc2cc3c(CC(C(=O)O)C4CCNC4)cccc3o2)c1)C1CCNC1. The number of carboxylic acids is 3. The molecule has 11 nitrogen and oxygen atoms in total. The number of nitrogens with one attached hydrogen (secondary N) is 3. The van der Waals surface area contributed by atoms with E-state index in [0.29, 0.717) is 45.4 Å². The molecule has 6 unspecified atom stereocenters. The zero-order valence-corrected chi connectivity index (χ0v) is 31.4. The van der Waals surface area contributed by atoms with E-state index in [1.807, 2.05) is 42.5 Å². The monoisotopic (exact) mass is 750 g/mol. The molecule has 0 spiro atoms. The second-order valence-corrected chi connectivity index (χ2v) is 16.0. The summed E-state index contributed by atoms with van der Waals surface area (Å²) >= 11 is 0. The predicted octanol–water partition coefficient (Wildman–Crippen LogP) is 5.19. The van der Waals surface area contributed by atoms with E-state index in [2.05, 4.69) is 51.2 Å². The number of carboxylic acid groups (broad SMARTS) is 3. The van der Waals surface area contributed by atoms with Gasteiger partial charge < -0.3 is 35.7 Å². The molecule has 3 aliphatic heterocycles. The fourth-order valence-electron chi connectivity index (χ4n) is 9.22. The van der Waals surface area contributed by atoms with E-state index in [1.54, 1.807) is 0 Å². The largest absolute Gasteiger partial charge is 0.481 e. The molecule has 4 aromatic rings. The quantitative estimate of drug-likeness (QED) is 0.0793. The third-order valence-corrected chi connectivity index (χ3v) is 12.2. The summed E-state index contributed by atoms with van der Waals surface area (Å²) < 4.78 is 6.46. The molecular formula is C44H54N4O7. The van der Waals surface area contributed by atoms with Crippen LogP contribution in [-0.4, -0.2) is 77.4 Å². The Balaban J connectivity index is 1.14. The zero-order chi connectivity index (χ0) is 38.3. The molecule has 0 saturated carbocycles. The fraction of sp³-hybridized carbons (Fsp3) is 0.477. The first-order valence-electron chi connectivity index (χ1n) is 19.9. The highest BCUT2D eigenvalue weighted by molar-refractivity contribution is 5.83. The van der Waals surface area contributed by atoms with Crippen molar-refractivity contribution in [3.63, 3.8) is 0 Å². The Morgan fingerprint density at radius 3 is 1.51 bits per heavy atom. The topological polar surface area (TPSA) is 164 Å². The molecule has 0 aliphatic carbocycles. The van der Waals surface area contributed by atoms with Crippen molar-refractivity contribution in [1.82, 2.24) is 20.9 Å². The molecule has 1 aromatic heterocycles. The van der Waals surface area contributed by atoms with Gasteiger partial charge in [0.15, 0.2) is 0 Å². The van der Waals surface area contributed by atoms with Crippen molar-refractivity contribution in [1.29, 1.82) is 0 Å². The highest BCUT2D eigenvalue weighted by atomic mass is 16.4. The lowest BCUT2D eigenvalue weighted by Crippen LogP contribution is -2.27. The average Bonchev–Trinajstić information content (AvgIpc) is 4.01. The number of carbonyl (C=O) groups is 3. The number of nitrogens with zero attached hydrogens (tertiary/aromatic N) is 1. The Kier molecular flexibility index (Phi) is 12.6. The van der Waals surface area contributed by atoms with Gasteiger partial charge in [-0.3, -0.25) is 19.3 Å². The first kappa shape index (κ1) is 38.7. The summed E-state index contributed by atoms with van der Waals surface area (Å²) in [5, 5.41) is 41.2. The van der Waals surface area contributed by atoms with E-state index >= 15 is 0 Å². The van der Waals surface area contributed by atoms with Crippen LogP contribution in [-0.2, 0) is 53.3 Å². The van der Waals surface area contributed by atoms with E-state index in [0.717, 1.165) is 96.5 Å². The van der Waals surface area contributed by atoms with E-state index in [4.69, 9.17) is 4.42 Å². The molecule has 0 radical (unpaired) electrons. The molecule has 0 amide bonds. The van der Waals surface area contributed by atoms with Gasteiger partial charge in [-0.25, -0.2) is 0 Å². The molecule has 4 heterocycles. The van der Waals surface area contributed by atoms with Gasteiger partial charge in [-0.15, -0.1) is 0 Å². The minimum absolute atomic E-state index is 0.0855. The van der Waals surface area contributed by atoms with Gasteiger partial charge in [-0.1, -0.05) is 60.7 Å². The van der Waals surface area contributed by atoms with E-state index < -0.39 is 35.7 Å². The van der Waals surface area contributed by atoms with Crippen LogP contribution in [0.25, 0.3) is 11.0 Å². The van der Waals surface area contributed by atoms with Crippen LogP contribution in [0.15, 0.2) is 77.2 Å². The third kappa shape index (κ3) is 9.83. The number of fused-ring (bicyclic) bond motifs is 1. The van der Waals surface area contributed by atoms with Crippen LogP contribution < -0.4 is 16.0 Å². The van der Waals surface area contributed by atoms with E-state index in [9.17, 15) is 29.7 Å². The lowest BCUT2D eigenvalue weighted by Gasteiger charge is -2.23. The summed E-state index contributed by atoms with van der Waals surface area (Å²) in [6.07, 6.45) is 3.96. The Morgan fingerprint density at radius 1 is 0.600 bits per heavy atom. The van der Waals surface area contributed by atoms with Crippen molar-refractivity contribution in [3.8, 4) is 0 Å². The first-order valence-corrected chi connectivity index (χ1v) is 19.9. The van der Waals surface area contributed by atoms with Gasteiger partial charge in [-0.2, -0.15) is 0 Å². The molecule has 6 N–H and O–H groups in total. The number of aliphatic carboxylic acids is 3. The van der Waals surface area contributed by atoms with Gasteiger partial charge in [0.05, 0.1) is 24.3 Å². The average molecular weight is 751 g/mol. The van der Waals surface area contributed by atoms with Gasteiger partial charge in [-0.05, 0) is 135 Å². The lowest BCUT2D eigenvalue weighted by atomic mass is 9.85. The van der Waals surface area contributed by atoms with Crippen molar-refractivity contribution >= 4 is 28.9 Å². The summed E-state index contributed by atoms with van der Waals surface area (Å²) in [6, 6.07) is 24.4. The smallest absolute Gasteiger partial charge is 0.307 e. The molecule has 55 heavy (non-hydrogen) atoms. The van der Waals surface area contributed by atoms with Crippen molar-refractivity contribution in [2.45, 2.75) is 58.2 Å². The highest BCUT2D eigenvalue weighted by Gasteiger charge is 2.33. The minimum atomic E-state index is -0.769. The van der Waals surface area contributed by atoms with Crippen LogP contribution >= 0.6 is 0 Å². The predicted molar refractivity (Wildman–Crippen MR) is 209 cm³/mol. The summed E-state index contributed by atoms with van der Waals surface area (Å²) in [5.41, 5.74) is 5.82. The van der Waals surface area contributed by atoms with Crippen molar-refractivity contribution in [2.24, 2.45) is 35.5 Å². The molecule has 3 fully saturated rings. The summed E-state index contributed by atoms with van der Waals surface area (Å²) in [4.78, 5) is 39.3. The Labute approximate surface area is 322 Å². The number of furan rings is 1. The number of hydrogen-bond donors (Lipinski definition) is 6. The number of rotatable bonds is 18. The van der Waals surface area contributed by atoms with Crippen molar-refractivity contribution in [3.05, 3.63) is 106 Å². The van der Waals surface area contributed by atoms with Crippen LogP contribution in [0.5, 0.6) is 0 Å². The number of hydrogen-bond acceptors (Lipinski definition) is 8. The van der Waals surface area contributed by atoms with Gasteiger partial charge in [0.1, 0.15) is 11.3 Å². The van der Waals surface area contributed by atoms with E-state index in [1.165, 1.54) is 0 Å². The first-order chi connectivity index (χ1) is 26.7. The second kappa shape index (κ2) is 17.9. The van der Waals surface area contributed by atoms with E-state index in [-0.39, 0.29) is 17.8 Å². The van der Waals surface area contributed by atoms with Crippen molar-refractivity contribution in [2.75, 3.05) is 39.3 Å². The maximum absolute atomic E-state index is 12.4. The maximum Gasteiger partial charge on any atom is 0.307 e. The molecule has 3 saturated heterocycles. The van der Waals surface area contributed by atoms with Gasteiger partial charge >= 0.3 is 17.9 Å². The molecule has 7 rings (SSSR count). The standard InChI is InChI=1S/C44H54N4O7/c49-42(50)38(33-10-13-45-22-33)18-28-4-1-6-30(16-28)25-48(26-31-7-2-5-29(17-31)19-39(43(51)52)34-11-14-46-23-34)27-36-21-37-32(8-3-9-41(37)55-36)20-40(44(53)54)35-12-15-47-24-35/h1-9,16-17,21,33-35,38-40,45-47H,10-15,18-20,22-27H2,(H,49,50)(H,51,52)(H,53,54). The number of benzene rings is 3. The van der Waals surface area contributed by atoms with Gasteiger partial charge in [0.25, 0.3) is 0 Å². The Bertz CT molecular complexity index is 1860. The van der Waals surface area contributed by atoms with Crippen LogP contribution in [0.3, 0.4) is 0 Å². The fourth-order valence-corrected chi connectivity index (χ4v) is 9.22. The Hall–Kier alpha value is -4.55. The van der Waals surface area contributed by atoms with Crippen LogP contribution in [0.2, 0.25) is 0 Å². The molecule has 3 aromatic carbocycles. The molecule has 6 atom stereocenters. The highest BCUT2D eigenvalue weighted by Crippen LogP contribution is 2.31. The van der Waals surface area contributed by atoms with Crippen LogP contribution in [0, 0.1) is 35.5 Å². The maximum atomic E-state index is 12.4. The van der Waals surface area contributed by atoms with Gasteiger partial charge in [0, 0.05) is 18.5 Å². The molecule has 11 heteroatoms. The molecule has 292 valence electrons. The summed E-state index contributed by atoms with van der Waals surface area (Å²) in [7, 11) is 0.